The summed E-state index contributed by atoms with van der Waals surface area (Å²) in [5, 5.41) is 11.2. The highest BCUT2D eigenvalue weighted by molar-refractivity contribution is 5.79. The van der Waals surface area contributed by atoms with Gasteiger partial charge in [0.05, 0.1) is 0 Å². The molecule has 1 N–H and O–H groups in total. The van der Waals surface area contributed by atoms with Crippen LogP contribution in [0.1, 0.15) is 91.4 Å². The minimum atomic E-state index is -0.726. The van der Waals surface area contributed by atoms with Crippen LogP contribution in [0.3, 0.4) is 0 Å². The van der Waals surface area contributed by atoms with Gasteiger partial charge in [-0.3, -0.25) is 4.79 Å². The van der Waals surface area contributed by atoms with Crippen LogP contribution >= 0.6 is 0 Å². The van der Waals surface area contributed by atoms with Crippen molar-refractivity contribution in [1.29, 1.82) is 0 Å². The second-order valence-corrected chi connectivity index (χ2v) is 11.7. The van der Waals surface area contributed by atoms with E-state index in [0.29, 0.717) is 29.0 Å². The second kappa shape index (κ2) is 6.34. The van der Waals surface area contributed by atoms with E-state index < -0.39 is 5.60 Å². The van der Waals surface area contributed by atoms with E-state index in [9.17, 15) is 9.90 Å². The fourth-order valence-corrected chi connectivity index (χ4v) is 8.49. The van der Waals surface area contributed by atoms with Gasteiger partial charge in [0.25, 0.3) is 0 Å². The number of ketones is 1. The third kappa shape index (κ3) is 2.83. The molecule has 5 saturated carbocycles. The van der Waals surface area contributed by atoms with Crippen molar-refractivity contribution in [3.63, 3.8) is 0 Å². The van der Waals surface area contributed by atoms with Crippen LogP contribution in [0, 0.1) is 58.2 Å². The number of carbonyl (C=O) groups is 1. The molecule has 0 aliphatic heterocycles. The highest BCUT2D eigenvalue weighted by Gasteiger charge is 2.61. The molecule has 0 radical (unpaired) electrons. The van der Waals surface area contributed by atoms with Crippen LogP contribution in [0.2, 0.25) is 0 Å². The molecule has 0 amide bonds. The lowest BCUT2D eigenvalue weighted by molar-refractivity contribution is -0.144. The van der Waals surface area contributed by atoms with Crippen molar-refractivity contribution in [3.8, 4) is 11.8 Å². The van der Waals surface area contributed by atoms with Gasteiger partial charge >= 0.3 is 0 Å². The minimum absolute atomic E-state index is 0.251. The maximum absolute atomic E-state index is 12.3. The van der Waals surface area contributed by atoms with Gasteiger partial charge in [0.2, 0.25) is 0 Å². The molecule has 0 aromatic rings. The van der Waals surface area contributed by atoms with Crippen molar-refractivity contribution in [2.45, 2.75) is 97.0 Å². The topological polar surface area (TPSA) is 37.3 Å². The molecule has 2 heteroatoms. The first-order chi connectivity index (χ1) is 13.3. The predicted octanol–water partition coefficient (Wildman–Crippen LogP) is 5.38. The number of hydrogen-bond acceptors (Lipinski definition) is 2. The van der Waals surface area contributed by atoms with Crippen molar-refractivity contribution >= 4 is 5.78 Å². The van der Waals surface area contributed by atoms with Gasteiger partial charge in [-0.25, -0.2) is 0 Å². The average Bonchev–Trinajstić information content (AvgIpc) is 3.40. The van der Waals surface area contributed by atoms with E-state index in [-0.39, 0.29) is 5.41 Å². The molecule has 0 heterocycles. The van der Waals surface area contributed by atoms with Crippen LogP contribution in [0.15, 0.2) is 0 Å². The van der Waals surface area contributed by atoms with E-state index in [2.05, 4.69) is 25.7 Å². The Morgan fingerprint density at radius 3 is 2.36 bits per heavy atom. The third-order valence-corrected chi connectivity index (χ3v) is 10.3. The normalized spacial score (nSPS) is 52.6. The number of Topliss-reactive ketones (excluding diaryl/α,β-unsaturated/α-hetero) is 1. The van der Waals surface area contributed by atoms with E-state index in [1.807, 2.05) is 6.92 Å². The smallest absolute Gasteiger partial charge is 0.133 e. The monoisotopic (exact) mass is 382 g/mol. The number of rotatable bonds is 1. The number of hydrogen-bond donors (Lipinski definition) is 1. The fourth-order valence-electron chi connectivity index (χ4n) is 8.49. The Morgan fingerprint density at radius 2 is 1.64 bits per heavy atom. The summed E-state index contributed by atoms with van der Waals surface area (Å²) in [4.78, 5) is 12.3. The Balaban J connectivity index is 1.36. The predicted molar refractivity (Wildman–Crippen MR) is 111 cm³/mol. The molecular weight excluding hydrogens is 344 g/mol. The summed E-state index contributed by atoms with van der Waals surface area (Å²) in [7, 11) is 0. The molecule has 5 rings (SSSR count). The van der Waals surface area contributed by atoms with Gasteiger partial charge in [0.15, 0.2) is 0 Å². The summed E-state index contributed by atoms with van der Waals surface area (Å²) in [5.74, 6) is 10.9. The van der Waals surface area contributed by atoms with Crippen molar-refractivity contribution in [2.24, 2.45) is 46.3 Å². The third-order valence-electron chi connectivity index (χ3n) is 10.3. The highest BCUT2D eigenvalue weighted by atomic mass is 16.3. The largest absolute Gasteiger partial charge is 0.378 e. The number of carbonyl (C=O) groups excluding carboxylic acids is 1. The zero-order chi connectivity index (χ0) is 19.7. The second-order valence-electron chi connectivity index (χ2n) is 11.7. The Hall–Kier alpha value is -0.810. The molecule has 154 valence electrons. The van der Waals surface area contributed by atoms with Crippen LogP contribution in [-0.4, -0.2) is 16.5 Å². The number of aliphatic hydroxyl groups is 1. The molecule has 0 saturated heterocycles. The molecule has 0 unspecified atom stereocenters. The first-order valence-electron chi connectivity index (χ1n) is 12.0. The van der Waals surface area contributed by atoms with Gasteiger partial charge < -0.3 is 5.11 Å². The summed E-state index contributed by atoms with van der Waals surface area (Å²) in [6.45, 7) is 6.81. The van der Waals surface area contributed by atoms with Crippen LogP contribution in [0.4, 0.5) is 0 Å². The molecule has 5 fully saturated rings. The molecule has 0 spiro atoms. The van der Waals surface area contributed by atoms with E-state index in [4.69, 9.17) is 0 Å². The maximum atomic E-state index is 12.3. The van der Waals surface area contributed by atoms with Gasteiger partial charge in [-0.05, 0) is 112 Å². The molecule has 8 atom stereocenters. The number of fused-ring (bicyclic) bond motifs is 5. The van der Waals surface area contributed by atoms with Gasteiger partial charge in [0, 0.05) is 11.8 Å². The molecule has 5 aliphatic rings. The minimum Gasteiger partial charge on any atom is -0.378 e. The lowest BCUT2D eigenvalue weighted by Crippen LogP contribution is -2.56. The molecule has 5 aliphatic carbocycles. The summed E-state index contributed by atoms with van der Waals surface area (Å²) >= 11 is 0. The van der Waals surface area contributed by atoms with Crippen molar-refractivity contribution < 1.29 is 9.90 Å². The summed E-state index contributed by atoms with van der Waals surface area (Å²) < 4.78 is 0. The van der Waals surface area contributed by atoms with E-state index in [0.717, 1.165) is 43.4 Å². The molecule has 0 aromatic heterocycles. The zero-order valence-corrected chi connectivity index (χ0v) is 18.1. The van der Waals surface area contributed by atoms with Crippen LogP contribution in [0.25, 0.3) is 0 Å². The molecule has 2 nitrogen and oxygen atoms in total. The lowest BCUT2D eigenvalue weighted by Gasteiger charge is -2.61. The Morgan fingerprint density at radius 1 is 0.893 bits per heavy atom. The first kappa shape index (κ1) is 19.2. The van der Waals surface area contributed by atoms with Gasteiger partial charge in [-0.1, -0.05) is 25.7 Å². The lowest BCUT2D eigenvalue weighted by atomic mass is 9.44. The van der Waals surface area contributed by atoms with Crippen LogP contribution in [0.5, 0.6) is 0 Å². The maximum Gasteiger partial charge on any atom is 0.133 e. The zero-order valence-electron chi connectivity index (χ0n) is 18.1. The first-order valence-corrected chi connectivity index (χ1v) is 12.0. The SMILES string of the molecule is CC(=O)[C@H]1CC[C@H]2[C@@H]3CC[C@@H]4C[C@@](O)(C#CC5CC5)CC[C@]4(C)[C@H]3CC[C@]12C. The van der Waals surface area contributed by atoms with E-state index >= 15 is 0 Å². The van der Waals surface area contributed by atoms with Gasteiger partial charge in [-0.2, -0.15) is 0 Å². The summed E-state index contributed by atoms with van der Waals surface area (Å²) in [5.41, 5.74) is -0.108. The Kier molecular flexibility index (Phi) is 4.34. The summed E-state index contributed by atoms with van der Waals surface area (Å²) in [6, 6.07) is 0. The standard InChI is InChI=1S/C26H38O2/c1-17(27)21-8-9-22-20-7-6-19-16-26(28,13-10-18-4-5-18)15-14-24(19,2)23(20)11-12-25(21,22)3/h18-23,28H,4-9,11-12,14-16H2,1-3H3/t19-,20+,21-,22+,23+,24+,25-,26-/m1/s1. The highest BCUT2D eigenvalue weighted by Crippen LogP contribution is 2.68. The average molecular weight is 383 g/mol. The quantitative estimate of drug-likeness (QED) is 0.618. The molecular formula is C26H38O2. The van der Waals surface area contributed by atoms with Crippen LogP contribution < -0.4 is 0 Å². The van der Waals surface area contributed by atoms with Gasteiger partial charge in [0.1, 0.15) is 11.4 Å². The molecule has 0 bridgehead atoms. The Labute approximate surface area is 171 Å². The molecule has 0 aromatic carbocycles. The van der Waals surface area contributed by atoms with Crippen molar-refractivity contribution in [3.05, 3.63) is 0 Å². The fraction of sp³-hybridized carbons (Fsp3) is 0.885. The van der Waals surface area contributed by atoms with Crippen molar-refractivity contribution in [1.82, 2.24) is 0 Å². The Bertz CT molecular complexity index is 726. The van der Waals surface area contributed by atoms with E-state index in [1.165, 1.54) is 44.9 Å². The van der Waals surface area contributed by atoms with Crippen molar-refractivity contribution in [2.75, 3.05) is 0 Å². The summed E-state index contributed by atoms with van der Waals surface area (Å²) in [6.07, 6.45) is 12.8. The van der Waals surface area contributed by atoms with Gasteiger partial charge in [-0.15, -0.1) is 0 Å². The van der Waals surface area contributed by atoms with Crippen LogP contribution in [-0.2, 0) is 4.79 Å². The molecule has 28 heavy (non-hydrogen) atoms. The van der Waals surface area contributed by atoms with E-state index in [1.54, 1.807) is 0 Å².